The Balaban J connectivity index is 4.33. The molecule has 0 aliphatic heterocycles. The lowest BCUT2D eigenvalue weighted by Gasteiger charge is -2.24. The Morgan fingerprint density at radius 1 is 0.492 bits per heavy atom. The Labute approximate surface area is 386 Å². The Bertz CT molecular complexity index is 1410. The number of hydrogen-bond acceptors (Lipinski definition) is 6. The van der Waals surface area contributed by atoms with Gasteiger partial charge in [-0.1, -0.05) is 167 Å². The Kier molecular flexibility index (Phi) is 43.2. The van der Waals surface area contributed by atoms with Gasteiger partial charge in [0.2, 0.25) is 0 Å². The molecule has 0 amide bonds. The van der Waals surface area contributed by atoms with Gasteiger partial charge in [0.1, 0.15) is 19.3 Å². The average Bonchev–Trinajstić information content (AvgIpc) is 3.24. The maximum atomic E-state index is 12.7. The Hall–Kier alpha value is -3.10. The van der Waals surface area contributed by atoms with Crippen LogP contribution in [0.3, 0.4) is 0 Å². The zero-order valence-corrected chi connectivity index (χ0v) is 41.4. The summed E-state index contributed by atoms with van der Waals surface area (Å²) in [6, 6.07) is 0. The smallest absolute Gasteiger partial charge is 0.457 e. The largest absolute Gasteiger partial charge is 0.472 e. The van der Waals surface area contributed by atoms with E-state index in [1.165, 1.54) is 25.7 Å². The highest BCUT2D eigenvalue weighted by Crippen LogP contribution is 2.43. The summed E-state index contributed by atoms with van der Waals surface area (Å²) in [6.07, 6.45) is 65.3. The normalized spacial score (nSPS) is 14.7. The number of quaternary nitrogens is 1. The number of likely N-dealkylation sites (N-methyl/N-ethyl adjacent to an activating group) is 1. The molecule has 0 aliphatic rings. The first-order valence-corrected chi connectivity index (χ1v) is 25.8. The van der Waals surface area contributed by atoms with Gasteiger partial charge in [0.15, 0.2) is 0 Å². The van der Waals surface area contributed by atoms with Crippen LogP contribution in [0.1, 0.15) is 155 Å². The summed E-state index contributed by atoms with van der Waals surface area (Å²) in [6.45, 7) is 5.27. The third-order valence-corrected chi connectivity index (χ3v) is 10.5. The summed E-state index contributed by atoms with van der Waals surface area (Å²) in [4.78, 5) is 23.0. The van der Waals surface area contributed by atoms with Gasteiger partial charge in [0.25, 0.3) is 0 Å². The van der Waals surface area contributed by atoms with E-state index in [2.05, 4.69) is 135 Å². The molecule has 0 aromatic carbocycles. The van der Waals surface area contributed by atoms with Crippen molar-refractivity contribution >= 4 is 13.8 Å². The van der Waals surface area contributed by atoms with Crippen LogP contribution < -0.4 is 0 Å². The number of carbonyl (C=O) groups is 1. The standard InChI is InChI=1S/C54H90NO7P/c1-6-8-10-12-14-16-18-20-22-24-26-28-29-31-33-35-37-39-41-43-45-47-54(56)62-53(52-61-63(57,58)60-50-48-55(3,4)5)51-59-49-46-44-42-40-38-36-34-32-30-27-25-23-21-19-17-15-13-11-9-7-2/h8-11,14-17,20-23,26-28,30-31,33,37,39,53H,6-7,12-13,18-19,24-25,29,32,34-36,38,40-52H2,1-5H3/p+1/b10-8-,11-9-,16-14-,17-15-,22-20-,23-21-,28-26-,30-27-,33-31-,39-37-. The van der Waals surface area contributed by atoms with E-state index in [0.29, 0.717) is 24.1 Å². The number of esters is 1. The summed E-state index contributed by atoms with van der Waals surface area (Å²) in [5.74, 6) is -0.365. The Morgan fingerprint density at radius 3 is 1.30 bits per heavy atom. The van der Waals surface area contributed by atoms with Gasteiger partial charge in [-0.3, -0.25) is 13.8 Å². The SMILES string of the molecule is CC/C=C\C/C=C\C/C=C\C/C=C\C/C=C\C/C=C\CCCCC(=O)OC(COCCCCCCCCC/C=C\C/C=C\C/C=C\C/C=C\CC)COP(=O)(O)OCC[N+](C)(C)C. The second-order valence-electron chi connectivity index (χ2n) is 16.7. The van der Waals surface area contributed by atoms with Crippen LogP contribution in [-0.4, -0.2) is 75.6 Å². The fourth-order valence-electron chi connectivity index (χ4n) is 5.84. The molecule has 0 radical (unpaired) electrons. The molecule has 9 heteroatoms. The number of ether oxygens (including phenoxy) is 2. The molecule has 0 aliphatic carbocycles. The van der Waals surface area contributed by atoms with Gasteiger partial charge in [-0.05, 0) is 103 Å². The zero-order chi connectivity index (χ0) is 46.2. The second kappa shape index (κ2) is 45.5. The van der Waals surface area contributed by atoms with E-state index < -0.39 is 13.9 Å². The lowest BCUT2D eigenvalue weighted by Crippen LogP contribution is -2.37. The van der Waals surface area contributed by atoms with Crippen LogP contribution in [-0.2, 0) is 27.9 Å². The molecule has 0 saturated carbocycles. The van der Waals surface area contributed by atoms with Crippen molar-refractivity contribution < 1.29 is 37.3 Å². The molecule has 0 spiro atoms. The van der Waals surface area contributed by atoms with Crippen molar-refractivity contribution in [2.24, 2.45) is 0 Å². The molecular formula is C54H91NO7P+. The highest BCUT2D eigenvalue weighted by molar-refractivity contribution is 7.47. The monoisotopic (exact) mass is 897 g/mol. The molecule has 0 aromatic rings. The molecule has 2 unspecified atom stereocenters. The van der Waals surface area contributed by atoms with Gasteiger partial charge >= 0.3 is 13.8 Å². The molecule has 0 saturated heterocycles. The molecule has 0 aromatic heterocycles. The van der Waals surface area contributed by atoms with Crippen LogP contribution in [0.5, 0.6) is 0 Å². The molecule has 358 valence electrons. The molecule has 0 heterocycles. The minimum atomic E-state index is -4.31. The van der Waals surface area contributed by atoms with Crippen LogP contribution in [0.4, 0.5) is 0 Å². The minimum Gasteiger partial charge on any atom is -0.457 e. The van der Waals surface area contributed by atoms with Crippen LogP contribution in [0.15, 0.2) is 122 Å². The summed E-state index contributed by atoms with van der Waals surface area (Å²) < 4.78 is 35.0. The first-order chi connectivity index (χ1) is 30.6. The van der Waals surface area contributed by atoms with Gasteiger partial charge in [0.05, 0.1) is 34.4 Å². The summed E-state index contributed by atoms with van der Waals surface area (Å²) in [5.41, 5.74) is 0. The number of nitrogens with zero attached hydrogens (tertiary/aromatic N) is 1. The van der Waals surface area contributed by atoms with E-state index in [0.717, 1.165) is 103 Å². The van der Waals surface area contributed by atoms with E-state index in [1.54, 1.807) is 0 Å². The molecule has 0 bridgehead atoms. The van der Waals surface area contributed by atoms with Gasteiger partial charge in [-0.15, -0.1) is 0 Å². The molecule has 1 N–H and O–H groups in total. The van der Waals surface area contributed by atoms with E-state index in [-0.39, 0.29) is 32.2 Å². The Morgan fingerprint density at radius 2 is 0.873 bits per heavy atom. The fraction of sp³-hybridized carbons (Fsp3) is 0.611. The number of phosphoric ester groups is 1. The summed E-state index contributed by atoms with van der Waals surface area (Å²) in [5, 5.41) is 0. The highest BCUT2D eigenvalue weighted by atomic mass is 31.2. The highest BCUT2D eigenvalue weighted by Gasteiger charge is 2.26. The topological polar surface area (TPSA) is 91.3 Å². The van der Waals surface area contributed by atoms with E-state index in [1.807, 2.05) is 21.1 Å². The molecule has 0 rings (SSSR count). The minimum absolute atomic E-state index is 0.0697. The third-order valence-electron chi connectivity index (χ3n) is 9.52. The number of phosphoric acid groups is 1. The maximum Gasteiger partial charge on any atom is 0.472 e. The van der Waals surface area contributed by atoms with Crippen molar-refractivity contribution in [2.75, 3.05) is 54.1 Å². The molecule has 0 fully saturated rings. The molecule has 63 heavy (non-hydrogen) atoms. The quantitative estimate of drug-likeness (QED) is 0.0214. The van der Waals surface area contributed by atoms with Crippen molar-refractivity contribution in [3.05, 3.63) is 122 Å². The number of unbranched alkanes of at least 4 members (excludes halogenated alkanes) is 9. The lowest BCUT2D eigenvalue weighted by atomic mass is 10.1. The van der Waals surface area contributed by atoms with Crippen LogP contribution in [0, 0.1) is 0 Å². The second-order valence-corrected chi connectivity index (χ2v) is 18.2. The number of rotatable bonds is 43. The van der Waals surface area contributed by atoms with Crippen molar-refractivity contribution in [3.8, 4) is 0 Å². The number of hydrogen-bond donors (Lipinski definition) is 1. The lowest BCUT2D eigenvalue weighted by molar-refractivity contribution is -0.870. The van der Waals surface area contributed by atoms with Crippen LogP contribution in [0.25, 0.3) is 0 Å². The fourth-order valence-corrected chi connectivity index (χ4v) is 6.58. The van der Waals surface area contributed by atoms with Gasteiger partial charge in [-0.2, -0.15) is 0 Å². The predicted molar refractivity (Wildman–Crippen MR) is 270 cm³/mol. The van der Waals surface area contributed by atoms with Crippen LogP contribution in [0.2, 0.25) is 0 Å². The average molecular weight is 897 g/mol. The van der Waals surface area contributed by atoms with Crippen molar-refractivity contribution in [1.82, 2.24) is 0 Å². The molecule has 2 atom stereocenters. The van der Waals surface area contributed by atoms with Gasteiger partial charge in [-0.25, -0.2) is 4.57 Å². The van der Waals surface area contributed by atoms with Crippen molar-refractivity contribution in [2.45, 2.75) is 161 Å². The maximum absolute atomic E-state index is 12.7. The first-order valence-electron chi connectivity index (χ1n) is 24.3. The van der Waals surface area contributed by atoms with Crippen molar-refractivity contribution in [3.63, 3.8) is 0 Å². The van der Waals surface area contributed by atoms with E-state index >= 15 is 0 Å². The zero-order valence-electron chi connectivity index (χ0n) is 40.5. The summed E-state index contributed by atoms with van der Waals surface area (Å²) >= 11 is 0. The third kappa shape index (κ3) is 49.8. The van der Waals surface area contributed by atoms with Crippen molar-refractivity contribution in [1.29, 1.82) is 0 Å². The molecular weight excluding hydrogens is 806 g/mol. The van der Waals surface area contributed by atoms with Crippen LogP contribution >= 0.6 is 7.82 Å². The number of carbonyl (C=O) groups excluding carboxylic acids is 1. The van der Waals surface area contributed by atoms with Gasteiger partial charge in [0, 0.05) is 13.0 Å². The number of allylic oxidation sites excluding steroid dienone is 20. The van der Waals surface area contributed by atoms with Gasteiger partial charge < -0.3 is 18.9 Å². The summed E-state index contributed by atoms with van der Waals surface area (Å²) in [7, 11) is 1.61. The predicted octanol–water partition coefficient (Wildman–Crippen LogP) is 14.9. The van der Waals surface area contributed by atoms with E-state index in [4.69, 9.17) is 18.5 Å². The first kappa shape index (κ1) is 59.9. The molecule has 8 nitrogen and oxygen atoms in total. The van der Waals surface area contributed by atoms with E-state index in [9.17, 15) is 14.3 Å².